The number of hydrogen-bond acceptors (Lipinski definition) is 8. The van der Waals surface area contributed by atoms with Crippen molar-refractivity contribution in [3.05, 3.63) is 76.4 Å². The van der Waals surface area contributed by atoms with Gasteiger partial charge in [-0.2, -0.15) is 0 Å². The van der Waals surface area contributed by atoms with Crippen molar-refractivity contribution in [3.8, 4) is 22.8 Å². The smallest absolute Gasteiger partial charge is 0.159 e. The molecule has 1 fully saturated rings. The summed E-state index contributed by atoms with van der Waals surface area (Å²) in [6, 6.07) is 11.6. The van der Waals surface area contributed by atoms with Crippen molar-refractivity contribution in [2.24, 2.45) is 0 Å². The molecule has 0 bridgehead atoms. The molecule has 1 aliphatic heterocycles. The molecule has 1 unspecified atom stereocenters. The van der Waals surface area contributed by atoms with Crippen LogP contribution in [0, 0.1) is 6.92 Å². The molecule has 3 heterocycles. The van der Waals surface area contributed by atoms with Gasteiger partial charge in [-0.05, 0) is 56.3 Å². The van der Waals surface area contributed by atoms with Crippen LogP contribution in [0.4, 0.5) is 17.3 Å². The lowest BCUT2D eigenvalue weighted by atomic mass is 10.0. The number of ether oxygens (including phenoxy) is 2. The summed E-state index contributed by atoms with van der Waals surface area (Å²) < 4.78 is 11.0. The number of ketones is 1. The van der Waals surface area contributed by atoms with Gasteiger partial charge in [-0.3, -0.25) is 4.79 Å². The highest BCUT2D eigenvalue weighted by Gasteiger charge is 2.24. The third-order valence-corrected chi connectivity index (χ3v) is 8.23. The first-order valence-electron chi connectivity index (χ1n) is 13.6. The van der Waals surface area contributed by atoms with Gasteiger partial charge in [0, 0.05) is 53.3 Å². The second-order valence-corrected chi connectivity index (χ2v) is 11.2. The fraction of sp³-hybridized carbons (Fsp3) is 0.281. The number of carbonyl (C=O) groups is 1. The quantitative estimate of drug-likeness (QED) is 0.185. The van der Waals surface area contributed by atoms with Crippen LogP contribution >= 0.6 is 23.2 Å². The van der Waals surface area contributed by atoms with E-state index < -0.39 is 0 Å². The van der Waals surface area contributed by atoms with Crippen molar-refractivity contribution in [2.45, 2.75) is 25.8 Å². The Balaban J connectivity index is 1.63. The number of aryl methyl sites for hydroxylation is 1. The number of methoxy groups -OCH3 is 2. The van der Waals surface area contributed by atoms with E-state index in [1.807, 2.05) is 37.3 Å². The number of rotatable bonds is 10. The van der Waals surface area contributed by atoms with Crippen LogP contribution in [0.1, 0.15) is 17.5 Å². The second kappa shape index (κ2) is 12.6. The maximum Gasteiger partial charge on any atom is 0.159 e. The summed E-state index contributed by atoms with van der Waals surface area (Å²) in [6.45, 7) is 7.50. The number of nitrogens with zero attached hydrogens (tertiary/aromatic N) is 3. The SMILES string of the molecule is C=CC(=O)Cc1cccc(C)c1Nc1cc2c(NC3CCN(C)C3)nc(-c3c(Cl)c(OC)cc(OC)c3Cl)cc2cn1. The van der Waals surface area contributed by atoms with Gasteiger partial charge in [-0.25, -0.2) is 9.97 Å². The molecule has 42 heavy (non-hydrogen) atoms. The van der Waals surface area contributed by atoms with Crippen molar-refractivity contribution in [3.63, 3.8) is 0 Å². The summed E-state index contributed by atoms with van der Waals surface area (Å²) in [6.07, 6.45) is 4.37. The Hall–Kier alpha value is -3.85. The van der Waals surface area contributed by atoms with Gasteiger partial charge in [-0.15, -0.1) is 0 Å². The Bertz CT molecular complexity index is 1650. The van der Waals surface area contributed by atoms with Crippen molar-refractivity contribution < 1.29 is 14.3 Å². The summed E-state index contributed by atoms with van der Waals surface area (Å²) in [4.78, 5) is 24.2. The first kappa shape index (κ1) is 29.6. The van der Waals surface area contributed by atoms with Crippen LogP contribution in [0.15, 0.2) is 55.3 Å². The number of allylic oxidation sites excluding steroid dienone is 1. The van der Waals surface area contributed by atoms with Crippen LogP contribution in [0.25, 0.3) is 22.0 Å². The molecule has 1 atom stereocenters. The predicted molar refractivity (Wildman–Crippen MR) is 171 cm³/mol. The number of carbonyl (C=O) groups excluding carboxylic acids is 1. The number of nitrogens with one attached hydrogen (secondary N) is 2. The molecule has 0 aliphatic carbocycles. The minimum absolute atomic E-state index is 0.0497. The highest BCUT2D eigenvalue weighted by molar-refractivity contribution is 6.41. The molecule has 2 aromatic heterocycles. The molecule has 0 saturated carbocycles. The molecule has 0 amide bonds. The van der Waals surface area contributed by atoms with Crippen LogP contribution < -0.4 is 20.1 Å². The normalized spacial score (nSPS) is 15.0. The summed E-state index contributed by atoms with van der Waals surface area (Å²) >= 11 is 13.5. The summed E-state index contributed by atoms with van der Waals surface area (Å²) in [5, 5.41) is 9.51. The van der Waals surface area contributed by atoms with Gasteiger partial charge in [0.2, 0.25) is 0 Å². The Morgan fingerprint density at radius 1 is 1.17 bits per heavy atom. The average Bonchev–Trinajstić information content (AvgIpc) is 3.39. The Morgan fingerprint density at radius 3 is 2.55 bits per heavy atom. The monoisotopic (exact) mass is 605 g/mol. The van der Waals surface area contributed by atoms with Gasteiger partial charge in [0.05, 0.1) is 30.0 Å². The zero-order chi connectivity index (χ0) is 30.0. The number of likely N-dealkylation sites (tertiary alicyclic amines) is 1. The molecular weight excluding hydrogens is 573 g/mol. The maximum atomic E-state index is 12.2. The number of pyridine rings is 2. The number of fused-ring (bicyclic) bond motifs is 1. The number of benzene rings is 2. The molecule has 8 nitrogen and oxygen atoms in total. The Morgan fingerprint density at radius 2 is 1.90 bits per heavy atom. The first-order valence-corrected chi connectivity index (χ1v) is 14.3. The molecule has 1 saturated heterocycles. The van der Waals surface area contributed by atoms with E-state index in [1.165, 1.54) is 6.08 Å². The highest BCUT2D eigenvalue weighted by atomic mass is 35.5. The lowest BCUT2D eigenvalue weighted by molar-refractivity contribution is -0.114. The van der Waals surface area contributed by atoms with Crippen LogP contribution in [0.3, 0.4) is 0 Å². The predicted octanol–water partition coefficient (Wildman–Crippen LogP) is 7.09. The molecule has 218 valence electrons. The van der Waals surface area contributed by atoms with Crippen LogP contribution in [-0.2, 0) is 11.2 Å². The van der Waals surface area contributed by atoms with Gasteiger partial charge in [-0.1, -0.05) is 48.0 Å². The summed E-state index contributed by atoms with van der Waals surface area (Å²) in [7, 11) is 5.19. The molecule has 10 heteroatoms. The molecule has 4 aromatic rings. The lowest BCUT2D eigenvalue weighted by Gasteiger charge is -2.19. The number of halogens is 2. The average molecular weight is 607 g/mol. The molecule has 1 aliphatic rings. The van der Waals surface area contributed by atoms with Gasteiger partial charge in [0.15, 0.2) is 5.78 Å². The number of likely N-dealkylation sites (N-methyl/N-ethyl adjacent to an activating group) is 1. The van der Waals surface area contributed by atoms with Crippen molar-refractivity contribution in [1.82, 2.24) is 14.9 Å². The number of hydrogen-bond donors (Lipinski definition) is 2. The number of anilines is 3. The van der Waals surface area contributed by atoms with Gasteiger partial charge in [0.25, 0.3) is 0 Å². The molecule has 5 rings (SSSR count). The molecule has 2 N–H and O–H groups in total. The maximum absolute atomic E-state index is 12.2. The zero-order valence-corrected chi connectivity index (χ0v) is 25.6. The number of aromatic nitrogens is 2. The molecule has 2 aromatic carbocycles. The standard InChI is InChI=1S/C32H33Cl2N5O3/c1-6-22(40)12-19-9-7-8-18(2)31(19)38-27-14-23-20(16-35-27)13-24(37-32(23)36-21-10-11-39(3)17-21)28-29(33)25(41-4)15-26(42-5)30(28)34/h6-9,13-16,21H,1,10-12,17H2,2-5H3,(H,35,38)(H,36,37). The van der Waals surface area contributed by atoms with E-state index in [-0.39, 0.29) is 18.2 Å². The van der Waals surface area contributed by atoms with E-state index in [0.717, 1.165) is 47.1 Å². The number of para-hydroxylation sites is 1. The van der Waals surface area contributed by atoms with E-state index in [0.29, 0.717) is 44.4 Å². The Labute approximate surface area is 255 Å². The van der Waals surface area contributed by atoms with Gasteiger partial charge in [0.1, 0.15) is 23.1 Å². The van der Waals surface area contributed by atoms with E-state index in [4.69, 9.17) is 42.6 Å². The fourth-order valence-electron chi connectivity index (χ4n) is 5.25. The lowest BCUT2D eigenvalue weighted by Crippen LogP contribution is -2.24. The van der Waals surface area contributed by atoms with Gasteiger partial charge >= 0.3 is 0 Å². The van der Waals surface area contributed by atoms with Crippen molar-refractivity contribution in [1.29, 1.82) is 0 Å². The van der Waals surface area contributed by atoms with Crippen LogP contribution in [0.5, 0.6) is 11.5 Å². The van der Waals surface area contributed by atoms with E-state index in [1.54, 1.807) is 26.5 Å². The van der Waals surface area contributed by atoms with E-state index in [9.17, 15) is 4.79 Å². The molecular formula is C32H33Cl2N5O3. The third kappa shape index (κ3) is 6.02. The van der Waals surface area contributed by atoms with Gasteiger partial charge < -0.3 is 25.0 Å². The highest BCUT2D eigenvalue weighted by Crippen LogP contribution is 2.46. The largest absolute Gasteiger partial charge is 0.495 e. The van der Waals surface area contributed by atoms with E-state index >= 15 is 0 Å². The zero-order valence-electron chi connectivity index (χ0n) is 24.1. The third-order valence-electron chi connectivity index (χ3n) is 7.48. The summed E-state index contributed by atoms with van der Waals surface area (Å²) in [5.74, 6) is 2.14. The van der Waals surface area contributed by atoms with Crippen LogP contribution in [0.2, 0.25) is 10.0 Å². The minimum Gasteiger partial charge on any atom is -0.495 e. The van der Waals surface area contributed by atoms with E-state index in [2.05, 4.69) is 29.2 Å². The second-order valence-electron chi connectivity index (χ2n) is 10.4. The Kier molecular flexibility index (Phi) is 8.87. The minimum atomic E-state index is -0.0497. The topological polar surface area (TPSA) is 88.6 Å². The van der Waals surface area contributed by atoms with Crippen molar-refractivity contribution in [2.75, 3.05) is 45.0 Å². The van der Waals surface area contributed by atoms with Crippen LogP contribution in [-0.4, -0.2) is 61.0 Å². The fourth-order valence-corrected chi connectivity index (χ4v) is 5.95. The summed E-state index contributed by atoms with van der Waals surface area (Å²) in [5.41, 5.74) is 3.80. The molecule has 0 spiro atoms. The first-order chi connectivity index (χ1) is 20.2. The molecule has 0 radical (unpaired) electrons. The van der Waals surface area contributed by atoms with Crippen molar-refractivity contribution >= 4 is 57.1 Å².